The molecule has 30 heavy (non-hydrogen) atoms. The van der Waals surface area contributed by atoms with E-state index in [1.807, 2.05) is 59.4 Å². The second-order valence-corrected chi connectivity index (χ2v) is 7.39. The predicted octanol–water partition coefficient (Wildman–Crippen LogP) is 4.62. The van der Waals surface area contributed by atoms with Crippen LogP contribution >= 0.6 is 0 Å². The molecule has 1 N–H and O–H groups in total. The molecule has 0 spiro atoms. The molecule has 0 radical (unpaired) electrons. The Morgan fingerprint density at radius 3 is 2.40 bits per heavy atom. The summed E-state index contributed by atoms with van der Waals surface area (Å²) in [7, 11) is 0. The van der Waals surface area contributed by atoms with Crippen LogP contribution in [-0.2, 0) is 0 Å². The summed E-state index contributed by atoms with van der Waals surface area (Å²) < 4.78 is 13.6. The van der Waals surface area contributed by atoms with Crippen LogP contribution < -0.4 is 14.4 Å². The first-order valence-corrected chi connectivity index (χ1v) is 10.3. The average molecular weight is 406 g/mol. The summed E-state index contributed by atoms with van der Waals surface area (Å²) >= 11 is 0. The zero-order valence-electron chi connectivity index (χ0n) is 17.0. The molecule has 1 aliphatic heterocycles. The molecular weight excluding hydrogens is 380 g/mol. The van der Waals surface area contributed by atoms with Crippen LogP contribution in [0.2, 0.25) is 0 Å². The van der Waals surface area contributed by atoms with Crippen LogP contribution in [-0.4, -0.2) is 41.4 Å². The normalized spacial score (nSPS) is 13.7. The zero-order valence-corrected chi connectivity index (χ0v) is 17.0. The van der Waals surface area contributed by atoms with Gasteiger partial charge in [0.1, 0.15) is 17.6 Å². The predicted molar refractivity (Wildman–Crippen MR) is 116 cm³/mol. The molecule has 6 nitrogen and oxygen atoms in total. The smallest absolute Gasteiger partial charge is 0.337 e. The van der Waals surface area contributed by atoms with Gasteiger partial charge in [-0.05, 0) is 55.0 Å². The lowest BCUT2D eigenvalue weighted by molar-refractivity contribution is 0.0697. The van der Waals surface area contributed by atoms with Crippen LogP contribution in [0.15, 0.2) is 67.0 Å². The summed E-state index contributed by atoms with van der Waals surface area (Å²) in [5.41, 5.74) is 1.86. The monoisotopic (exact) mass is 406 g/mol. The minimum absolute atomic E-state index is 0.0582. The summed E-state index contributed by atoms with van der Waals surface area (Å²) in [4.78, 5) is 13.9. The summed E-state index contributed by atoms with van der Waals surface area (Å²) in [5, 5.41) is 9.63. The number of hydrogen-bond acceptors (Lipinski definition) is 4. The molecule has 0 saturated carbocycles. The van der Waals surface area contributed by atoms with Crippen molar-refractivity contribution in [1.29, 1.82) is 0 Å². The number of aromatic nitrogens is 1. The molecule has 1 aliphatic rings. The van der Waals surface area contributed by atoms with Gasteiger partial charge in [0.05, 0.1) is 36.6 Å². The van der Waals surface area contributed by atoms with Crippen molar-refractivity contribution >= 4 is 11.7 Å². The third kappa shape index (κ3) is 4.27. The minimum Gasteiger partial charge on any atom is -0.494 e. The number of benzene rings is 2. The Kier molecular flexibility index (Phi) is 5.93. The quantitative estimate of drug-likeness (QED) is 0.525. The maximum Gasteiger partial charge on any atom is 0.337 e. The van der Waals surface area contributed by atoms with E-state index in [4.69, 9.17) is 9.47 Å². The van der Waals surface area contributed by atoms with Gasteiger partial charge < -0.3 is 24.0 Å². The fourth-order valence-electron chi connectivity index (χ4n) is 3.56. The molecule has 4 rings (SSSR count). The van der Waals surface area contributed by atoms with Crippen molar-refractivity contribution in [2.24, 2.45) is 0 Å². The number of carboxylic acids is 1. The highest BCUT2D eigenvalue weighted by molar-refractivity contribution is 5.95. The molecule has 156 valence electrons. The number of anilines is 1. The van der Waals surface area contributed by atoms with Gasteiger partial charge in [0.2, 0.25) is 0 Å². The lowest BCUT2D eigenvalue weighted by Crippen LogP contribution is -2.54. The second kappa shape index (κ2) is 8.95. The van der Waals surface area contributed by atoms with E-state index in [9.17, 15) is 9.90 Å². The first-order valence-electron chi connectivity index (χ1n) is 10.3. The number of rotatable bonds is 9. The second-order valence-electron chi connectivity index (χ2n) is 7.39. The Labute approximate surface area is 176 Å². The zero-order chi connectivity index (χ0) is 20.9. The van der Waals surface area contributed by atoms with E-state index < -0.39 is 5.97 Å². The average Bonchev–Trinajstić information content (AvgIpc) is 3.25. The largest absolute Gasteiger partial charge is 0.494 e. The number of carboxylic acid groups (broad SMARTS) is 1. The molecule has 2 heterocycles. The van der Waals surface area contributed by atoms with Crippen LogP contribution in [0.25, 0.3) is 5.69 Å². The lowest BCUT2D eigenvalue weighted by atomic mass is 10.1. The van der Waals surface area contributed by atoms with Crippen LogP contribution in [0.1, 0.15) is 30.1 Å². The third-order valence-electron chi connectivity index (χ3n) is 5.19. The molecule has 1 saturated heterocycles. The SMILES string of the molecule is CCCCOc1ccc(OC2CN(c3cccc(C(=O)O)c3-n3cccc3)C2)cc1. The van der Waals surface area contributed by atoms with E-state index in [0.29, 0.717) is 18.8 Å². The minimum atomic E-state index is -0.935. The van der Waals surface area contributed by atoms with E-state index in [0.717, 1.165) is 36.6 Å². The van der Waals surface area contributed by atoms with Gasteiger partial charge in [-0.3, -0.25) is 0 Å². The molecule has 0 amide bonds. The fourth-order valence-corrected chi connectivity index (χ4v) is 3.56. The van der Waals surface area contributed by atoms with E-state index >= 15 is 0 Å². The van der Waals surface area contributed by atoms with Crippen molar-refractivity contribution in [1.82, 2.24) is 4.57 Å². The van der Waals surface area contributed by atoms with E-state index in [1.54, 1.807) is 12.1 Å². The molecule has 1 fully saturated rings. The summed E-state index contributed by atoms with van der Waals surface area (Å²) in [5.74, 6) is 0.732. The molecule has 0 unspecified atom stereocenters. The van der Waals surface area contributed by atoms with Gasteiger partial charge in [0, 0.05) is 12.4 Å². The summed E-state index contributed by atoms with van der Waals surface area (Å²) in [6.45, 7) is 4.27. The maximum absolute atomic E-state index is 11.7. The highest BCUT2D eigenvalue weighted by atomic mass is 16.5. The van der Waals surface area contributed by atoms with Crippen molar-refractivity contribution in [3.63, 3.8) is 0 Å². The number of nitrogens with zero attached hydrogens (tertiary/aromatic N) is 2. The van der Waals surface area contributed by atoms with Gasteiger partial charge in [0.25, 0.3) is 0 Å². The number of hydrogen-bond donors (Lipinski definition) is 1. The van der Waals surface area contributed by atoms with Crippen molar-refractivity contribution in [3.8, 4) is 17.2 Å². The molecule has 1 aromatic heterocycles. The van der Waals surface area contributed by atoms with Crippen LogP contribution in [0.5, 0.6) is 11.5 Å². The summed E-state index contributed by atoms with van der Waals surface area (Å²) in [6.07, 6.45) is 5.94. The number of unbranched alkanes of at least 4 members (excludes halogenated alkanes) is 1. The first-order chi connectivity index (χ1) is 14.7. The van der Waals surface area contributed by atoms with Crippen molar-refractivity contribution in [2.45, 2.75) is 25.9 Å². The van der Waals surface area contributed by atoms with Gasteiger partial charge in [0.15, 0.2) is 0 Å². The van der Waals surface area contributed by atoms with Gasteiger partial charge >= 0.3 is 5.97 Å². The lowest BCUT2D eigenvalue weighted by Gasteiger charge is -2.41. The third-order valence-corrected chi connectivity index (χ3v) is 5.19. The highest BCUT2D eigenvalue weighted by Crippen LogP contribution is 2.32. The molecule has 3 aromatic rings. The highest BCUT2D eigenvalue weighted by Gasteiger charge is 2.31. The number of carbonyl (C=O) groups is 1. The van der Waals surface area contributed by atoms with E-state index in [1.165, 1.54) is 0 Å². The number of ether oxygens (including phenoxy) is 2. The van der Waals surface area contributed by atoms with Gasteiger partial charge in [-0.15, -0.1) is 0 Å². The van der Waals surface area contributed by atoms with Crippen molar-refractivity contribution < 1.29 is 19.4 Å². The van der Waals surface area contributed by atoms with Crippen molar-refractivity contribution in [2.75, 3.05) is 24.6 Å². The summed E-state index contributed by atoms with van der Waals surface area (Å²) in [6, 6.07) is 16.9. The van der Waals surface area contributed by atoms with Crippen LogP contribution in [0, 0.1) is 0 Å². The Morgan fingerprint density at radius 1 is 1.03 bits per heavy atom. The van der Waals surface area contributed by atoms with Crippen LogP contribution in [0.4, 0.5) is 5.69 Å². The molecule has 2 aromatic carbocycles. The molecule has 0 bridgehead atoms. The maximum atomic E-state index is 11.7. The van der Waals surface area contributed by atoms with Crippen molar-refractivity contribution in [3.05, 3.63) is 72.6 Å². The number of aromatic carboxylic acids is 1. The Morgan fingerprint density at radius 2 is 1.73 bits per heavy atom. The van der Waals surface area contributed by atoms with Gasteiger partial charge in [-0.25, -0.2) is 4.79 Å². The standard InChI is InChI=1S/C24H26N2O4/c1-2-3-15-29-18-9-11-19(12-10-18)30-20-16-26(17-20)22-8-6-7-21(24(27)28)23(22)25-13-4-5-14-25/h4-14,20H,2-3,15-17H2,1H3,(H,27,28). The molecule has 0 atom stereocenters. The van der Waals surface area contributed by atoms with E-state index in [-0.39, 0.29) is 11.7 Å². The number of para-hydroxylation sites is 1. The molecule has 0 aliphatic carbocycles. The van der Waals surface area contributed by atoms with Gasteiger partial charge in [-0.1, -0.05) is 19.4 Å². The Balaban J connectivity index is 1.41. The Hall–Kier alpha value is -3.41. The molecule has 6 heteroatoms. The molecular formula is C24H26N2O4. The van der Waals surface area contributed by atoms with Crippen LogP contribution in [0.3, 0.4) is 0 Å². The topological polar surface area (TPSA) is 63.9 Å². The van der Waals surface area contributed by atoms with E-state index in [2.05, 4.69) is 11.8 Å². The Bertz CT molecular complexity index is 977. The van der Waals surface area contributed by atoms with Gasteiger partial charge in [-0.2, -0.15) is 0 Å². The first kappa shape index (κ1) is 19.9. The fraction of sp³-hybridized carbons (Fsp3) is 0.292.